The molecule has 1 heterocycles. The molecule has 0 aliphatic carbocycles. The van der Waals surface area contributed by atoms with Gasteiger partial charge >= 0.3 is 0 Å². The summed E-state index contributed by atoms with van der Waals surface area (Å²) in [5.74, 6) is -3.08. The van der Waals surface area contributed by atoms with Crippen LogP contribution in [0.2, 0.25) is 0 Å². The van der Waals surface area contributed by atoms with E-state index < -0.39 is 33.4 Å². The SMILES string of the molecule is CC(=O)N(CCNC(=O)c1ccc(F)c(F)c1)C1CCS(=O)(=O)C1. The van der Waals surface area contributed by atoms with Gasteiger partial charge in [-0.05, 0) is 24.6 Å². The summed E-state index contributed by atoms with van der Waals surface area (Å²) in [5, 5.41) is 2.50. The smallest absolute Gasteiger partial charge is 0.251 e. The molecule has 1 aliphatic heterocycles. The van der Waals surface area contributed by atoms with Gasteiger partial charge in [0, 0.05) is 31.6 Å². The van der Waals surface area contributed by atoms with Crippen molar-refractivity contribution in [1.82, 2.24) is 10.2 Å². The van der Waals surface area contributed by atoms with Gasteiger partial charge in [-0.3, -0.25) is 9.59 Å². The van der Waals surface area contributed by atoms with E-state index in [1.807, 2.05) is 0 Å². The number of nitrogens with zero attached hydrogens (tertiary/aromatic N) is 1. The van der Waals surface area contributed by atoms with Gasteiger partial charge in [-0.25, -0.2) is 17.2 Å². The van der Waals surface area contributed by atoms with Crippen LogP contribution in [0, 0.1) is 11.6 Å². The topological polar surface area (TPSA) is 83.6 Å². The third kappa shape index (κ3) is 4.50. The standard InChI is InChI=1S/C15H18F2N2O4S/c1-10(20)19(12-4-7-24(22,23)9-12)6-5-18-15(21)11-2-3-13(16)14(17)8-11/h2-3,8,12H,4-7,9H2,1H3,(H,18,21). The normalized spacial score (nSPS) is 19.0. The van der Waals surface area contributed by atoms with Gasteiger partial charge in [0.25, 0.3) is 5.91 Å². The number of sulfone groups is 1. The molecule has 0 saturated carbocycles. The molecule has 1 N–H and O–H groups in total. The van der Waals surface area contributed by atoms with Crippen molar-refractivity contribution in [3.05, 3.63) is 35.4 Å². The Morgan fingerprint density at radius 3 is 2.54 bits per heavy atom. The van der Waals surface area contributed by atoms with Crippen molar-refractivity contribution < 1.29 is 26.8 Å². The fourth-order valence-electron chi connectivity index (χ4n) is 2.65. The molecule has 9 heteroatoms. The number of halogens is 2. The van der Waals surface area contributed by atoms with E-state index in [4.69, 9.17) is 0 Å². The maximum absolute atomic E-state index is 13.1. The van der Waals surface area contributed by atoms with Gasteiger partial charge in [0.2, 0.25) is 5.91 Å². The third-order valence-corrected chi connectivity index (χ3v) is 5.62. The number of hydrogen-bond donors (Lipinski definition) is 1. The number of carbonyl (C=O) groups is 2. The molecule has 132 valence electrons. The lowest BCUT2D eigenvalue weighted by Crippen LogP contribution is -2.44. The third-order valence-electron chi connectivity index (χ3n) is 3.87. The van der Waals surface area contributed by atoms with Crippen molar-refractivity contribution in [2.45, 2.75) is 19.4 Å². The average molecular weight is 360 g/mol. The molecule has 1 aromatic carbocycles. The van der Waals surface area contributed by atoms with E-state index in [0.717, 1.165) is 18.2 Å². The zero-order valence-corrected chi connectivity index (χ0v) is 13.9. The first kappa shape index (κ1) is 18.3. The Bertz CT molecular complexity index is 752. The van der Waals surface area contributed by atoms with Crippen molar-refractivity contribution in [1.29, 1.82) is 0 Å². The summed E-state index contributed by atoms with van der Waals surface area (Å²) in [6.07, 6.45) is 0.374. The van der Waals surface area contributed by atoms with Crippen LogP contribution < -0.4 is 5.32 Å². The monoisotopic (exact) mass is 360 g/mol. The van der Waals surface area contributed by atoms with Gasteiger partial charge in [0.15, 0.2) is 21.5 Å². The first-order valence-corrected chi connectivity index (χ1v) is 9.22. The Kier molecular flexibility index (Phi) is 5.53. The van der Waals surface area contributed by atoms with Gasteiger partial charge < -0.3 is 10.2 Å². The van der Waals surface area contributed by atoms with Gasteiger partial charge in [-0.2, -0.15) is 0 Å². The van der Waals surface area contributed by atoms with Crippen LogP contribution in [0.5, 0.6) is 0 Å². The van der Waals surface area contributed by atoms with E-state index >= 15 is 0 Å². The highest BCUT2D eigenvalue weighted by atomic mass is 32.2. The molecule has 1 atom stereocenters. The molecule has 1 aliphatic rings. The van der Waals surface area contributed by atoms with Crippen LogP contribution in [0.4, 0.5) is 8.78 Å². The van der Waals surface area contributed by atoms with E-state index in [-0.39, 0.29) is 36.1 Å². The maximum atomic E-state index is 13.1. The Labute approximate surface area is 138 Å². The summed E-state index contributed by atoms with van der Waals surface area (Å²) >= 11 is 0. The zero-order chi connectivity index (χ0) is 17.9. The minimum Gasteiger partial charge on any atom is -0.350 e. The van der Waals surface area contributed by atoms with Crippen LogP contribution >= 0.6 is 0 Å². The van der Waals surface area contributed by atoms with Crippen LogP contribution in [-0.2, 0) is 14.6 Å². The second-order valence-corrected chi connectivity index (χ2v) is 7.88. The lowest BCUT2D eigenvalue weighted by atomic mass is 10.2. The molecule has 24 heavy (non-hydrogen) atoms. The van der Waals surface area contributed by atoms with Crippen LogP contribution in [0.15, 0.2) is 18.2 Å². The number of rotatable bonds is 5. The largest absolute Gasteiger partial charge is 0.350 e. The van der Waals surface area contributed by atoms with E-state index in [0.29, 0.717) is 6.42 Å². The van der Waals surface area contributed by atoms with E-state index in [2.05, 4.69) is 5.32 Å². The van der Waals surface area contributed by atoms with Crippen LogP contribution in [0.1, 0.15) is 23.7 Å². The first-order valence-electron chi connectivity index (χ1n) is 7.40. The predicted molar refractivity (Wildman–Crippen MR) is 83.1 cm³/mol. The second kappa shape index (κ2) is 7.25. The minimum absolute atomic E-state index is 0.0354. The molecule has 2 rings (SSSR count). The average Bonchev–Trinajstić information content (AvgIpc) is 2.85. The van der Waals surface area contributed by atoms with E-state index in [1.165, 1.54) is 11.8 Å². The second-order valence-electron chi connectivity index (χ2n) is 5.65. The molecule has 0 aromatic heterocycles. The Balaban J connectivity index is 1.92. The number of benzene rings is 1. The molecule has 6 nitrogen and oxygen atoms in total. The Hall–Kier alpha value is -2.03. The zero-order valence-electron chi connectivity index (χ0n) is 13.1. The summed E-state index contributed by atoms with van der Waals surface area (Å²) < 4.78 is 49.0. The molecule has 0 spiro atoms. The number of hydrogen-bond acceptors (Lipinski definition) is 4. The fraction of sp³-hybridized carbons (Fsp3) is 0.467. The molecule has 0 radical (unpaired) electrons. The van der Waals surface area contributed by atoms with Crippen molar-refractivity contribution in [3.63, 3.8) is 0 Å². The van der Waals surface area contributed by atoms with E-state index in [9.17, 15) is 26.8 Å². The molecular weight excluding hydrogens is 342 g/mol. The minimum atomic E-state index is -3.13. The lowest BCUT2D eigenvalue weighted by molar-refractivity contribution is -0.130. The predicted octanol–water partition coefficient (Wildman–Crippen LogP) is 0.730. The summed E-state index contributed by atoms with van der Waals surface area (Å²) in [4.78, 5) is 25.0. The highest BCUT2D eigenvalue weighted by Gasteiger charge is 2.33. The molecule has 1 saturated heterocycles. The van der Waals surface area contributed by atoms with Crippen molar-refractivity contribution in [2.24, 2.45) is 0 Å². The summed E-state index contributed by atoms with van der Waals surface area (Å²) in [6, 6.07) is 2.40. The number of nitrogens with one attached hydrogen (secondary N) is 1. The first-order chi connectivity index (χ1) is 11.2. The molecule has 1 unspecified atom stereocenters. The van der Waals surface area contributed by atoms with Gasteiger partial charge in [-0.15, -0.1) is 0 Å². The van der Waals surface area contributed by atoms with Gasteiger partial charge in [-0.1, -0.05) is 0 Å². The van der Waals surface area contributed by atoms with Gasteiger partial charge in [0.1, 0.15) is 0 Å². The number of carbonyl (C=O) groups excluding carboxylic acids is 2. The van der Waals surface area contributed by atoms with Crippen molar-refractivity contribution in [3.8, 4) is 0 Å². The summed E-state index contributed by atoms with van der Waals surface area (Å²) in [5.41, 5.74) is -0.0354. The summed E-state index contributed by atoms with van der Waals surface area (Å²) in [7, 11) is -3.13. The quantitative estimate of drug-likeness (QED) is 0.839. The highest BCUT2D eigenvalue weighted by molar-refractivity contribution is 7.91. The van der Waals surface area contributed by atoms with E-state index in [1.54, 1.807) is 0 Å². The highest BCUT2D eigenvalue weighted by Crippen LogP contribution is 2.17. The molecule has 1 aromatic rings. The Morgan fingerprint density at radius 1 is 1.29 bits per heavy atom. The van der Waals surface area contributed by atoms with Crippen molar-refractivity contribution >= 4 is 21.7 Å². The maximum Gasteiger partial charge on any atom is 0.251 e. The fourth-order valence-corrected chi connectivity index (χ4v) is 4.38. The summed E-state index contributed by atoms with van der Waals surface area (Å²) in [6.45, 7) is 1.56. The van der Waals surface area contributed by atoms with Crippen LogP contribution in [0.25, 0.3) is 0 Å². The van der Waals surface area contributed by atoms with Crippen LogP contribution in [-0.4, -0.2) is 55.8 Å². The lowest BCUT2D eigenvalue weighted by Gasteiger charge is -2.27. The van der Waals surface area contributed by atoms with Crippen LogP contribution in [0.3, 0.4) is 0 Å². The molecule has 1 fully saturated rings. The molecule has 0 bridgehead atoms. The molecular formula is C15H18F2N2O4S. The number of amides is 2. The van der Waals surface area contributed by atoms with Crippen molar-refractivity contribution in [2.75, 3.05) is 24.6 Å². The Morgan fingerprint density at radius 2 is 2.00 bits per heavy atom. The van der Waals surface area contributed by atoms with Gasteiger partial charge in [0.05, 0.1) is 11.5 Å². The molecule has 2 amide bonds.